The van der Waals surface area contributed by atoms with E-state index in [0.717, 1.165) is 68.7 Å². The number of aryl methyl sites for hydroxylation is 1. The zero-order valence-electron chi connectivity index (χ0n) is 16.6. The molecule has 2 aliphatic rings. The maximum absolute atomic E-state index is 10.4. The molecule has 0 aliphatic carbocycles. The smallest absolute Gasteiger partial charge is 0.290 e. The fourth-order valence-corrected chi connectivity index (χ4v) is 3.73. The zero-order valence-corrected chi connectivity index (χ0v) is 16.6. The van der Waals surface area contributed by atoms with Gasteiger partial charge in [-0.2, -0.15) is 5.10 Å². The quantitative estimate of drug-likeness (QED) is 0.594. The molecule has 0 unspecified atom stereocenters. The Hall–Kier alpha value is -2.56. The fraction of sp³-hybridized carbons (Fsp3) is 0.579. The molecular weight excluding hydrogens is 376 g/mol. The summed E-state index contributed by atoms with van der Waals surface area (Å²) in [6.45, 7) is 7.18. The van der Waals surface area contributed by atoms with Crippen LogP contribution in [0, 0.1) is 12.8 Å². The first-order chi connectivity index (χ1) is 14.1. The molecule has 0 aromatic carbocycles. The van der Waals surface area contributed by atoms with Crippen molar-refractivity contribution in [2.75, 3.05) is 44.3 Å². The molecule has 10 heteroatoms. The van der Waals surface area contributed by atoms with Gasteiger partial charge in [0.15, 0.2) is 0 Å². The van der Waals surface area contributed by atoms with Crippen molar-refractivity contribution < 1.29 is 19.7 Å². The third-order valence-corrected chi connectivity index (χ3v) is 5.10. The first-order valence-corrected chi connectivity index (χ1v) is 9.71. The summed E-state index contributed by atoms with van der Waals surface area (Å²) in [4.78, 5) is 21.8. The lowest BCUT2D eigenvalue weighted by Gasteiger charge is -2.26. The lowest BCUT2D eigenvalue weighted by atomic mass is 10.0. The van der Waals surface area contributed by atoms with E-state index in [1.54, 1.807) is 0 Å². The van der Waals surface area contributed by atoms with Gasteiger partial charge in [-0.05, 0) is 19.4 Å². The monoisotopic (exact) mass is 404 g/mol. The Bertz CT molecular complexity index is 762. The van der Waals surface area contributed by atoms with Crippen LogP contribution in [-0.4, -0.2) is 87.2 Å². The summed E-state index contributed by atoms with van der Waals surface area (Å²) in [5.74, 6) is 0.983. The van der Waals surface area contributed by atoms with Crippen LogP contribution in [0.15, 0.2) is 18.5 Å². The van der Waals surface area contributed by atoms with Crippen molar-refractivity contribution in [2.24, 2.45) is 5.92 Å². The number of aromatic amines is 1. The van der Waals surface area contributed by atoms with Gasteiger partial charge in [0.1, 0.15) is 0 Å². The summed E-state index contributed by atoms with van der Waals surface area (Å²) in [5, 5.41) is 24.5. The third-order valence-electron chi connectivity index (χ3n) is 5.10. The van der Waals surface area contributed by atoms with Crippen LogP contribution >= 0.6 is 0 Å². The molecule has 4 heterocycles. The molecule has 3 N–H and O–H groups in total. The topological polar surface area (TPSA) is 128 Å². The lowest BCUT2D eigenvalue weighted by molar-refractivity contribution is -0.122. The second-order valence-corrected chi connectivity index (χ2v) is 7.36. The van der Waals surface area contributed by atoms with E-state index < -0.39 is 0 Å². The van der Waals surface area contributed by atoms with E-state index >= 15 is 0 Å². The van der Waals surface area contributed by atoms with Gasteiger partial charge in [-0.1, -0.05) is 0 Å². The average molecular weight is 404 g/mol. The van der Waals surface area contributed by atoms with Gasteiger partial charge in [-0.15, -0.1) is 0 Å². The molecule has 2 atom stereocenters. The number of aliphatic hydroxyl groups is 1. The average Bonchev–Trinajstić information content (AvgIpc) is 3.29. The molecule has 158 valence electrons. The molecule has 2 aliphatic heterocycles. The van der Waals surface area contributed by atoms with Crippen molar-refractivity contribution in [3.05, 3.63) is 35.4 Å². The van der Waals surface area contributed by atoms with E-state index in [4.69, 9.17) is 14.6 Å². The Morgan fingerprint density at radius 3 is 2.59 bits per heavy atom. The van der Waals surface area contributed by atoms with Gasteiger partial charge < -0.3 is 19.8 Å². The normalized spacial score (nSPS) is 22.2. The Balaban J connectivity index is 0.000000755. The van der Waals surface area contributed by atoms with Crippen LogP contribution in [0.3, 0.4) is 0 Å². The number of aromatic nitrogens is 4. The molecule has 0 radical (unpaired) electrons. The molecule has 2 fully saturated rings. The first-order valence-electron chi connectivity index (χ1n) is 9.71. The van der Waals surface area contributed by atoms with E-state index in [0.29, 0.717) is 6.54 Å². The second-order valence-electron chi connectivity index (χ2n) is 7.36. The number of nitrogens with one attached hydrogen (secondary N) is 1. The summed E-state index contributed by atoms with van der Waals surface area (Å²) in [7, 11) is 0. The summed E-state index contributed by atoms with van der Waals surface area (Å²) >= 11 is 0. The van der Waals surface area contributed by atoms with E-state index in [2.05, 4.69) is 30.0 Å². The van der Waals surface area contributed by atoms with E-state index in [-0.39, 0.29) is 18.5 Å². The summed E-state index contributed by atoms with van der Waals surface area (Å²) in [6, 6.07) is 2.05. The first kappa shape index (κ1) is 21.2. The van der Waals surface area contributed by atoms with Gasteiger partial charge >= 0.3 is 0 Å². The number of anilines is 1. The number of H-pyrrole nitrogens is 1. The van der Waals surface area contributed by atoms with Crippen molar-refractivity contribution in [3.63, 3.8) is 0 Å². The number of morpholine rings is 1. The van der Waals surface area contributed by atoms with E-state index in [9.17, 15) is 5.11 Å². The standard InChI is InChI=1S/C18H26N6O2.CH2O2/c1-13-6-16(22-21-13)7-15-11-23(12-17(15)25)10-14-8-19-18(20-9-14)24-2-4-26-5-3-24;2-1-3/h6,8-9,15,17,25H,2-5,7,10-12H2,1H3,(H,21,22);1H,(H,2,3)/t15-,17+;/m1./s1. The molecule has 2 saturated heterocycles. The van der Waals surface area contributed by atoms with Crippen LogP contribution in [0.5, 0.6) is 0 Å². The number of hydrogen-bond donors (Lipinski definition) is 3. The highest BCUT2D eigenvalue weighted by molar-refractivity contribution is 5.32. The molecule has 0 bridgehead atoms. The van der Waals surface area contributed by atoms with Crippen LogP contribution in [0.4, 0.5) is 5.95 Å². The Morgan fingerprint density at radius 2 is 1.97 bits per heavy atom. The molecule has 10 nitrogen and oxygen atoms in total. The lowest BCUT2D eigenvalue weighted by Crippen LogP contribution is -2.37. The number of carboxylic acid groups (broad SMARTS) is 1. The fourth-order valence-electron chi connectivity index (χ4n) is 3.73. The SMILES string of the molecule is Cc1cc(C[C@@H]2CN(Cc3cnc(N4CCOCC4)nc3)C[C@@H]2O)n[nH]1.O=CO. The van der Waals surface area contributed by atoms with Crippen molar-refractivity contribution in [1.29, 1.82) is 0 Å². The number of aliphatic hydroxyl groups excluding tert-OH is 1. The minimum atomic E-state index is -0.319. The molecule has 0 saturated carbocycles. The van der Waals surface area contributed by atoms with Gasteiger partial charge in [0.05, 0.1) is 25.0 Å². The van der Waals surface area contributed by atoms with Gasteiger partial charge in [0.2, 0.25) is 5.95 Å². The minimum Gasteiger partial charge on any atom is -0.483 e. The molecule has 2 aromatic rings. The predicted octanol–water partition coefficient (Wildman–Crippen LogP) is 0.0809. The highest BCUT2D eigenvalue weighted by Gasteiger charge is 2.31. The Kier molecular flexibility index (Phi) is 7.50. The highest BCUT2D eigenvalue weighted by atomic mass is 16.5. The van der Waals surface area contributed by atoms with Gasteiger partial charge in [0, 0.05) is 62.3 Å². The van der Waals surface area contributed by atoms with Crippen LogP contribution in [0.1, 0.15) is 17.0 Å². The van der Waals surface area contributed by atoms with E-state index in [1.165, 1.54) is 0 Å². The van der Waals surface area contributed by atoms with Crippen molar-refractivity contribution in [1.82, 2.24) is 25.1 Å². The molecule has 2 aromatic heterocycles. The summed E-state index contributed by atoms with van der Waals surface area (Å²) in [5.41, 5.74) is 3.15. The van der Waals surface area contributed by atoms with Gasteiger partial charge in [0.25, 0.3) is 6.47 Å². The maximum atomic E-state index is 10.4. The summed E-state index contributed by atoms with van der Waals surface area (Å²) in [6.07, 6.45) is 4.28. The minimum absolute atomic E-state index is 0.214. The van der Waals surface area contributed by atoms with Gasteiger partial charge in [-0.3, -0.25) is 14.8 Å². The number of rotatable bonds is 5. The second kappa shape index (κ2) is 10.3. The summed E-state index contributed by atoms with van der Waals surface area (Å²) < 4.78 is 5.36. The van der Waals surface area contributed by atoms with E-state index in [1.807, 2.05) is 25.4 Å². The van der Waals surface area contributed by atoms with Crippen molar-refractivity contribution >= 4 is 12.4 Å². The van der Waals surface area contributed by atoms with Gasteiger partial charge in [-0.25, -0.2) is 9.97 Å². The maximum Gasteiger partial charge on any atom is 0.290 e. The van der Waals surface area contributed by atoms with Crippen LogP contribution < -0.4 is 4.90 Å². The molecule has 0 spiro atoms. The number of ether oxygens (including phenoxy) is 1. The molecule has 4 rings (SSSR count). The van der Waals surface area contributed by atoms with Crippen LogP contribution in [0.2, 0.25) is 0 Å². The molecule has 0 amide bonds. The number of carbonyl (C=O) groups is 1. The number of likely N-dealkylation sites (tertiary alicyclic amines) is 1. The highest BCUT2D eigenvalue weighted by Crippen LogP contribution is 2.23. The molecular formula is C19H28N6O4. The van der Waals surface area contributed by atoms with Crippen molar-refractivity contribution in [2.45, 2.75) is 26.0 Å². The van der Waals surface area contributed by atoms with Crippen LogP contribution in [0.25, 0.3) is 0 Å². The predicted molar refractivity (Wildman–Crippen MR) is 106 cm³/mol. The zero-order chi connectivity index (χ0) is 20.6. The van der Waals surface area contributed by atoms with Crippen LogP contribution in [-0.2, 0) is 22.5 Å². The largest absolute Gasteiger partial charge is 0.483 e. The Labute approximate surface area is 169 Å². The number of β-amino-alcohol motifs (C(OH)–C–C–N with tert-alkyl or cyclic N) is 1. The third kappa shape index (κ3) is 5.96. The van der Waals surface area contributed by atoms with Crippen molar-refractivity contribution in [3.8, 4) is 0 Å². The Morgan fingerprint density at radius 1 is 1.28 bits per heavy atom. The molecule has 29 heavy (non-hydrogen) atoms. The number of hydrogen-bond acceptors (Lipinski definition) is 8. The number of nitrogens with zero attached hydrogens (tertiary/aromatic N) is 5.